The molecule has 0 aliphatic rings. The van der Waals surface area contributed by atoms with Gasteiger partial charge in [-0.05, 0) is 61.4 Å². The Morgan fingerprint density at radius 2 is 1.94 bits per heavy atom. The number of nitrogens with one attached hydrogen (secondary N) is 1. The molecule has 1 amide bonds. The molecule has 0 aliphatic heterocycles. The van der Waals surface area contributed by atoms with Gasteiger partial charge < -0.3 is 10.4 Å². The number of imidazole rings is 1. The first kappa shape index (κ1) is 21.1. The number of rotatable bonds is 7. The Balaban J connectivity index is 1.72. The maximum atomic E-state index is 13.8. The minimum absolute atomic E-state index is 0.0746. The Kier molecular flexibility index (Phi) is 5.89. The number of amides is 1. The van der Waals surface area contributed by atoms with Gasteiger partial charge in [-0.15, -0.1) is 0 Å². The summed E-state index contributed by atoms with van der Waals surface area (Å²) in [6.07, 6.45) is 3.45. The second kappa shape index (κ2) is 8.93. The lowest BCUT2D eigenvalue weighted by Gasteiger charge is -2.09. The van der Waals surface area contributed by atoms with Crippen molar-refractivity contribution in [3.8, 4) is 22.5 Å². The molecule has 4 rings (SSSR count). The zero-order chi connectivity index (χ0) is 22.7. The van der Waals surface area contributed by atoms with Crippen LogP contribution in [0.1, 0.15) is 24.8 Å². The SMILES string of the molecule is Cc1cc(-c2nc3cccnn3c2-c2ccnc(NC(=O)CCCC(=O)O)c2)ccc1F. The highest BCUT2D eigenvalue weighted by Gasteiger charge is 2.18. The molecular formula is C23H20FN5O3. The van der Waals surface area contributed by atoms with Crippen LogP contribution in [0.2, 0.25) is 0 Å². The van der Waals surface area contributed by atoms with Gasteiger partial charge in [-0.1, -0.05) is 0 Å². The van der Waals surface area contributed by atoms with E-state index in [2.05, 4.69) is 15.4 Å². The van der Waals surface area contributed by atoms with Gasteiger partial charge in [0.25, 0.3) is 0 Å². The number of anilines is 1. The third kappa shape index (κ3) is 4.46. The molecule has 4 aromatic rings. The molecule has 0 unspecified atom stereocenters. The van der Waals surface area contributed by atoms with Crippen LogP contribution < -0.4 is 5.32 Å². The summed E-state index contributed by atoms with van der Waals surface area (Å²) in [5.74, 6) is -1.23. The zero-order valence-electron chi connectivity index (χ0n) is 17.2. The highest BCUT2D eigenvalue weighted by molar-refractivity contribution is 5.91. The smallest absolute Gasteiger partial charge is 0.303 e. The van der Waals surface area contributed by atoms with Crippen molar-refractivity contribution in [2.24, 2.45) is 0 Å². The van der Waals surface area contributed by atoms with Gasteiger partial charge in [0.15, 0.2) is 5.65 Å². The summed E-state index contributed by atoms with van der Waals surface area (Å²) < 4.78 is 15.5. The third-order valence-corrected chi connectivity index (χ3v) is 4.92. The highest BCUT2D eigenvalue weighted by Crippen LogP contribution is 2.33. The lowest BCUT2D eigenvalue weighted by molar-refractivity contribution is -0.137. The number of carboxylic acids is 1. The lowest BCUT2D eigenvalue weighted by atomic mass is 10.0. The van der Waals surface area contributed by atoms with E-state index < -0.39 is 5.97 Å². The fourth-order valence-corrected chi connectivity index (χ4v) is 3.39. The quantitative estimate of drug-likeness (QED) is 0.454. The molecule has 0 atom stereocenters. The van der Waals surface area contributed by atoms with Gasteiger partial charge in [-0.2, -0.15) is 5.10 Å². The van der Waals surface area contributed by atoms with Crippen molar-refractivity contribution in [1.82, 2.24) is 19.6 Å². The number of nitrogens with zero attached hydrogens (tertiary/aromatic N) is 4. The Bertz CT molecular complexity index is 1320. The highest BCUT2D eigenvalue weighted by atomic mass is 19.1. The van der Waals surface area contributed by atoms with Crippen LogP contribution in [0.15, 0.2) is 54.9 Å². The van der Waals surface area contributed by atoms with Gasteiger partial charge in [0.05, 0.1) is 5.69 Å². The number of aryl methyl sites for hydroxylation is 1. The van der Waals surface area contributed by atoms with E-state index in [1.54, 1.807) is 54.2 Å². The van der Waals surface area contributed by atoms with E-state index in [-0.39, 0.29) is 31.0 Å². The minimum Gasteiger partial charge on any atom is -0.481 e. The molecule has 9 heteroatoms. The fraction of sp³-hybridized carbons (Fsp3) is 0.174. The minimum atomic E-state index is -0.943. The number of carboxylic acid groups (broad SMARTS) is 1. The van der Waals surface area contributed by atoms with Crippen LogP contribution in [0.25, 0.3) is 28.2 Å². The van der Waals surface area contributed by atoms with Gasteiger partial charge in [-0.3, -0.25) is 9.59 Å². The van der Waals surface area contributed by atoms with Crippen LogP contribution in [0.4, 0.5) is 10.2 Å². The second-order valence-electron chi connectivity index (χ2n) is 7.29. The van der Waals surface area contributed by atoms with Crippen LogP contribution in [-0.4, -0.2) is 36.6 Å². The number of aliphatic carboxylic acids is 1. The second-order valence-corrected chi connectivity index (χ2v) is 7.29. The number of aromatic nitrogens is 4. The number of halogens is 1. The summed E-state index contributed by atoms with van der Waals surface area (Å²) in [4.78, 5) is 31.7. The zero-order valence-corrected chi connectivity index (χ0v) is 17.2. The Morgan fingerprint density at radius 1 is 1.09 bits per heavy atom. The molecular weight excluding hydrogens is 413 g/mol. The summed E-state index contributed by atoms with van der Waals surface area (Å²) in [6.45, 7) is 1.69. The molecule has 0 spiro atoms. The van der Waals surface area contributed by atoms with Crippen molar-refractivity contribution in [3.05, 3.63) is 66.2 Å². The summed E-state index contributed by atoms with van der Waals surface area (Å²) >= 11 is 0. The van der Waals surface area contributed by atoms with E-state index in [1.807, 2.05) is 6.07 Å². The molecule has 32 heavy (non-hydrogen) atoms. The maximum Gasteiger partial charge on any atom is 0.303 e. The van der Waals surface area contributed by atoms with Crippen molar-refractivity contribution >= 4 is 23.3 Å². The Labute approximate surface area is 182 Å². The molecule has 0 aliphatic carbocycles. The third-order valence-electron chi connectivity index (χ3n) is 4.92. The van der Waals surface area contributed by atoms with E-state index in [1.165, 1.54) is 6.07 Å². The van der Waals surface area contributed by atoms with E-state index in [0.717, 1.165) is 5.56 Å². The predicted octanol–water partition coefficient (Wildman–Crippen LogP) is 4.10. The molecule has 2 N–H and O–H groups in total. The molecule has 0 bridgehead atoms. The number of carbonyl (C=O) groups is 2. The average molecular weight is 433 g/mol. The van der Waals surface area contributed by atoms with Crippen molar-refractivity contribution < 1.29 is 19.1 Å². The van der Waals surface area contributed by atoms with E-state index >= 15 is 0 Å². The van der Waals surface area contributed by atoms with Crippen LogP contribution in [0.3, 0.4) is 0 Å². The van der Waals surface area contributed by atoms with E-state index in [0.29, 0.717) is 34.0 Å². The van der Waals surface area contributed by atoms with Crippen molar-refractivity contribution in [2.45, 2.75) is 26.2 Å². The standard InChI is InChI=1S/C23H20FN5O3/c1-14-12-15(7-8-17(14)24)22-23(29-19(28-22)4-3-10-26-29)16-9-11-25-18(13-16)27-20(30)5-2-6-21(31)32/h3-4,7-13H,2,5-6H2,1H3,(H,31,32)(H,25,27,30). The number of hydrogen-bond donors (Lipinski definition) is 2. The number of pyridine rings is 1. The van der Waals surface area contributed by atoms with Crippen molar-refractivity contribution in [1.29, 1.82) is 0 Å². The average Bonchev–Trinajstić information content (AvgIpc) is 3.15. The molecule has 162 valence electrons. The molecule has 0 fully saturated rings. The lowest BCUT2D eigenvalue weighted by Crippen LogP contribution is -2.13. The first-order chi connectivity index (χ1) is 15.4. The summed E-state index contributed by atoms with van der Waals surface area (Å²) in [5.41, 5.74) is 3.87. The van der Waals surface area contributed by atoms with Crippen LogP contribution in [0.5, 0.6) is 0 Å². The van der Waals surface area contributed by atoms with Crippen LogP contribution in [-0.2, 0) is 9.59 Å². The molecule has 8 nitrogen and oxygen atoms in total. The summed E-state index contributed by atoms with van der Waals surface area (Å²) in [6, 6.07) is 11.9. The first-order valence-corrected chi connectivity index (χ1v) is 10.0. The fourth-order valence-electron chi connectivity index (χ4n) is 3.39. The molecule has 0 saturated carbocycles. The van der Waals surface area contributed by atoms with E-state index in [4.69, 9.17) is 10.1 Å². The predicted molar refractivity (Wildman–Crippen MR) is 116 cm³/mol. The monoisotopic (exact) mass is 433 g/mol. The van der Waals surface area contributed by atoms with E-state index in [9.17, 15) is 14.0 Å². The van der Waals surface area contributed by atoms with Gasteiger partial charge in [0, 0.05) is 36.4 Å². The number of hydrogen-bond acceptors (Lipinski definition) is 5. The molecule has 1 aromatic carbocycles. The number of benzene rings is 1. The maximum absolute atomic E-state index is 13.8. The topological polar surface area (TPSA) is 109 Å². The number of carbonyl (C=O) groups excluding carboxylic acids is 1. The van der Waals surface area contributed by atoms with Crippen LogP contribution in [0, 0.1) is 12.7 Å². The Hall–Kier alpha value is -4.14. The summed E-state index contributed by atoms with van der Waals surface area (Å²) in [7, 11) is 0. The normalized spacial score (nSPS) is 10.9. The summed E-state index contributed by atoms with van der Waals surface area (Å²) in [5, 5.41) is 15.8. The first-order valence-electron chi connectivity index (χ1n) is 10.0. The van der Waals surface area contributed by atoms with Gasteiger partial charge >= 0.3 is 5.97 Å². The van der Waals surface area contributed by atoms with Crippen LogP contribution >= 0.6 is 0 Å². The van der Waals surface area contributed by atoms with Gasteiger partial charge in [0.2, 0.25) is 5.91 Å². The number of fused-ring (bicyclic) bond motifs is 1. The largest absolute Gasteiger partial charge is 0.481 e. The van der Waals surface area contributed by atoms with Gasteiger partial charge in [0.1, 0.15) is 17.3 Å². The molecule has 3 heterocycles. The molecule has 3 aromatic heterocycles. The van der Waals surface area contributed by atoms with Gasteiger partial charge in [-0.25, -0.2) is 18.9 Å². The molecule has 0 saturated heterocycles. The van der Waals surface area contributed by atoms with Crippen molar-refractivity contribution in [3.63, 3.8) is 0 Å². The van der Waals surface area contributed by atoms with Crippen molar-refractivity contribution in [2.75, 3.05) is 5.32 Å². The Morgan fingerprint density at radius 3 is 2.72 bits per heavy atom. The molecule has 0 radical (unpaired) electrons.